The first-order valence-electron chi connectivity index (χ1n) is 14.2. The Hall–Kier alpha value is -4.78. The summed E-state index contributed by atoms with van der Waals surface area (Å²) in [6.07, 6.45) is -2.50. The average molecular weight is 637 g/mol. The van der Waals surface area contributed by atoms with Gasteiger partial charge in [-0.1, -0.05) is 38.1 Å². The van der Waals surface area contributed by atoms with Gasteiger partial charge in [0.15, 0.2) is 10.6 Å². The summed E-state index contributed by atoms with van der Waals surface area (Å²) in [6, 6.07) is 17.2. The van der Waals surface area contributed by atoms with E-state index in [4.69, 9.17) is 0 Å². The van der Waals surface area contributed by atoms with Crippen molar-refractivity contribution in [2.75, 3.05) is 0 Å². The van der Waals surface area contributed by atoms with Gasteiger partial charge in [-0.2, -0.15) is 4.99 Å². The van der Waals surface area contributed by atoms with E-state index in [1.165, 1.54) is 58.7 Å². The molecule has 2 atom stereocenters. The number of aromatic nitrogens is 4. The van der Waals surface area contributed by atoms with Crippen LogP contribution in [0.2, 0.25) is 0 Å². The molecule has 0 radical (unpaired) electrons. The van der Waals surface area contributed by atoms with E-state index >= 15 is 0 Å². The lowest BCUT2D eigenvalue weighted by Crippen LogP contribution is -2.27. The van der Waals surface area contributed by atoms with Crippen LogP contribution in [0.15, 0.2) is 83.4 Å². The van der Waals surface area contributed by atoms with E-state index in [9.17, 15) is 22.4 Å². The highest BCUT2D eigenvalue weighted by Crippen LogP contribution is 2.41. The largest absolute Gasteiger partial charge is 0.573 e. The van der Waals surface area contributed by atoms with Crippen molar-refractivity contribution in [2.24, 2.45) is 4.99 Å². The van der Waals surface area contributed by atoms with E-state index in [1.807, 2.05) is 55.0 Å². The van der Waals surface area contributed by atoms with Crippen LogP contribution in [0.5, 0.6) is 5.75 Å². The van der Waals surface area contributed by atoms with Gasteiger partial charge < -0.3 is 10.1 Å². The second kappa shape index (κ2) is 12.0. The number of aryl methyl sites for hydroxylation is 1. The third-order valence-electron chi connectivity index (χ3n) is 7.45. The van der Waals surface area contributed by atoms with E-state index < -0.39 is 12.4 Å². The lowest BCUT2D eigenvalue weighted by Gasteiger charge is -2.15. The zero-order valence-electron chi connectivity index (χ0n) is 24.4. The summed E-state index contributed by atoms with van der Waals surface area (Å²) in [4.78, 5) is 22.1. The summed E-state index contributed by atoms with van der Waals surface area (Å²) < 4.78 is 58.5. The van der Waals surface area contributed by atoms with Crippen LogP contribution in [0.1, 0.15) is 48.9 Å². The van der Waals surface area contributed by atoms with E-state index in [2.05, 4.69) is 25.1 Å². The standard InChI is InChI=1S/C32H28F4N6O2S/c1-18(2)25-14-22(33)8-13-28(25)42-19(3)16-45-31(42)39-30(43)38-27-15-26(27)20-4-6-21(7-5-20)29-37-17-41(40-29)23-9-11-24(12-10-23)44-32(34,35)36/h4-14,16-18,26-27H,15H2,1-3H3,(H,38,43). The Morgan fingerprint density at radius 3 is 2.51 bits per heavy atom. The van der Waals surface area contributed by atoms with Crippen molar-refractivity contribution in [2.45, 2.75) is 51.4 Å². The van der Waals surface area contributed by atoms with Gasteiger partial charge >= 0.3 is 12.4 Å². The minimum Gasteiger partial charge on any atom is -0.406 e. The monoisotopic (exact) mass is 636 g/mol. The molecule has 0 spiro atoms. The van der Waals surface area contributed by atoms with Gasteiger partial charge in [-0.15, -0.1) is 29.6 Å². The molecule has 1 saturated carbocycles. The summed E-state index contributed by atoms with van der Waals surface area (Å²) >= 11 is 1.35. The van der Waals surface area contributed by atoms with Crippen LogP contribution in [-0.2, 0) is 0 Å². The van der Waals surface area contributed by atoms with Gasteiger partial charge in [0.2, 0.25) is 0 Å². The number of hydrogen-bond donors (Lipinski definition) is 1. The Bertz CT molecular complexity index is 1910. The zero-order valence-corrected chi connectivity index (χ0v) is 25.2. The Labute approximate surface area is 259 Å². The predicted octanol–water partition coefficient (Wildman–Crippen LogP) is 7.42. The first-order valence-corrected chi connectivity index (χ1v) is 15.0. The first kappa shape index (κ1) is 30.3. The van der Waals surface area contributed by atoms with Crippen LogP contribution in [0.3, 0.4) is 0 Å². The molecule has 1 aliphatic rings. The number of ether oxygens (including phenoxy) is 1. The summed E-state index contributed by atoms with van der Waals surface area (Å²) in [5.41, 5.74) is 4.89. The number of urea groups is 1. The molecule has 1 aliphatic carbocycles. The SMILES string of the molecule is Cc1csc(=NC(=O)NC2CC2c2ccc(-c3ncn(-c4ccc(OC(F)(F)F)cc4)n3)cc2)n1-c1ccc(F)cc1C(C)C. The number of hydrogen-bond acceptors (Lipinski definition) is 5. The molecule has 6 rings (SSSR count). The molecule has 0 saturated heterocycles. The number of alkyl halides is 3. The fourth-order valence-corrected chi connectivity index (χ4v) is 6.02. The van der Waals surface area contributed by atoms with Gasteiger partial charge in [0.25, 0.3) is 0 Å². The number of halogens is 4. The summed E-state index contributed by atoms with van der Waals surface area (Å²) in [5.74, 6) is 0.0525. The number of carbonyl (C=O) groups excluding carboxylic acids is 1. The quantitative estimate of drug-likeness (QED) is 0.189. The van der Waals surface area contributed by atoms with Crippen molar-refractivity contribution in [3.05, 3.63) is 106 Å². The van der Waals surface area contributed by atoms with E-state index in [0.717, 1.165) is 34.5 Å². The Balaban J connectivity index is 1.11. The third kappa shape index (κ3) is 6.83. The Morgan fingerprint density at radius 2 is 1.82 bits per heavy atom. The number of rotatable bonds is 7. The Morgan fingerprint density at radius 1 is 1.09 bits per heavy atom. The lowest BCUT2D eigenvalue weighted by atomic mass is 10.0. The summed E-state index contributed by atoms with van der Waals surface area (Å²) in [5, 5.41) is 9.36. The molecule has 45 heavy (non-hydrogen) atoms. The first-order chi connectivity index (χ1) is 21.4. The van der Waals surface area contributed by atoms with Crippen LogP contribution in [-0.4, -0.2) is 37.8 Å². The smallest absolute Gasteiger partial charge is 0.406 e. The minimum atomic E-state index is -4.76. The van der Waals surface area contributed by atoms with E-state index in [1.54, 1.807) is 6.07 Å². The maximum Gasteiger partial charge on any atom is 0.573 e. The van der Waals surface area contributed by atoms with E-state index in [0.29, 0.717) is 16.3 Å². The van der Waals surface area contributed by atoms with Crippen molar-refractivity contribution in [1.82, 2.24) is 24.6 Å². The van der Waals surface area contributed by atoms with E-state index in [-0.39, 0.29) is 29.4 Å². The normalized spacial score (nSPS) is 16.7. The van der Waals surface area contributed by atoms with Crippen LogP contribution in [0.4, 0.5) is 22.4 Å². The fraction of sp³-hybridized carbons (Fsp3) is 0.250. The molecule has 8 nitrogen and oxygen atoms in total. The second-order valence-electron chi connectivity index (χ2n) is 11.0. The van der Waals surface area contributed by atoms with Gasteiger partial charge in [-0.05, 0) is 72.9 Å². The third-order valence-corrected chi connectivity index (χ3v) is 8.40. The zero-order chi connectivity index (χ0) is 31.9. The van der Waals surface area contributed by atoms with Gasteiger partial charge in [-0.3, -0.25) is 4.57 Å². The van der Waals surface area contributed by atoms with Crippen molar-refractivity contribution < 1.29 is 27.1 Å². The average Bonchev–Trinajstić information content (AvgIpc) is 3.39. The predicted molar refractivity (Wildman–Crippen MR) is 161 cm³/mol. The number of nitrogens with one attached hydrogen (secondary N) is 1. The van der Waals surface area contributed by atoms with Gasteiger partial charge in [0.1, 0.15) is 17.9 Å². The summed E-state index contributed by atoms with van der Waals surface area (Å²) in [6.45, 7) is 5.92. The Kier molecular flexibility index (Phi) is 8.04. The molecule has 2 aromatic heterocycles. The highest BCUT2D eigenvalue weighted by Gasteiger charge is 2.39. The van der Waals surface area contributed by atoms with Gasteiger partial charge in [-0.25, -0.2) is 18.9 Å². The van der Waals surface area contributed by atoms with Gasteiger partial charge in [0, 0.05) is 28.6 Å². The fourth-order valence-electron chi connectivity index (χ4n) is 5.16. The van der Waals surface area contributed by atoms with Crippen molar-refractivity contribution >= 4 is 17.4 Å². The molecule has 1 fully saturated rings. The molecule has 2 amide bonds. The molecular weight excluding hydrogens is 608 g/mol. The number of benzene rings is 3. The highest BCUT2D eigenvalue weighted by molar-refractivity contribution is 7.07. The minimum absolute atomic E-state index is 0.0553. The summed E-state index contributed by atoms with van der Waals surface area (Å²) in [7, 11) is 0. The molecule has 0 aliphatic heterocycles. The molecule has 13 heteroatoms. The molecule has 5 aromatic rings. The van der Waals surface area contributed by atoms with Crippen molar-refractivity contribution in [3.63, 3.8) is 0 Å². The van der Waals surface area contributed by atoms with Crippen molar-refractivity contribution in [1.29, 1.82) is 0 Å². The molecule has 2 heterocycles. The molecule has 2 unspecified atom stereocenters. The van der Waals surface area contributed by atoms with Crippen molar-refractivity contribution in [3.8, 4) is 28.5 Å². The highest BCUT2D eigenvalue weighted by atomic mass is 32.1. The van der Waals surface area contributed by atoms with Crippen LogP contribution in [0, 0.1) is 12.7 Å². The molecule has 232 valence electrons. The lowest BCUT2D eigenvalue weighted by molar-refractivity contribution is -0.274. The molecule has 1 N–H and O–H groups in total. The maximum atomic E-state index is 14.0. The van der Waals surface area contributed by atoms with Gasteiger partial charge in [0.05, 0.1) is 11.4 Å². The topological polar surface area (TPSA) is 86.3 Å². The second-order valence-corrected chi connectivity index (χ2v) is 11.9. The van der Waals surface area contributed by atoms with Crippen LogP contribution < -0.4 is 14.9 Å². The number of thiazole rings is 1. The van der Waals surface area contributed by atoms with Crippen LogP contribution >= 0.6 is 11.3 Å². The number of amides is 2. The molecule has 0 bridgehead atoms. The molecule has 3 aromatic carbocycles. The number of carbonyl (C=O) groups is 1. The maximum absolute atomic E-state index is 14.0. The number of nitrogens with zero attached hydrogens (tertiary/aromatic N) is 5. The van der Waals surface area contributed by atoms with Crippen LogP contribution in [0.25, 0.3) is 22.8 Å². The molecular formula is C32H28F4N6O2S.